The van der Waals surface area contributed by atoms with Crippen molar-refractivity contribution in [3.63, 3.8) is 0 Å². The van der Waals surface area contributed by atoms with Gasteiger partial charge in [-0.1, -0.05) is 267 Å². The van der Waals surface area contributed by atoms with Crippen molar-refractivity contribution in [3.8, 4) is 126 Å². The number of benzene rings is 18. The Labute approximate surface area is 696 Å². The molecule has 4 aliphatic carbocycles. The lowest BCUT2D eigenvalue weighted by Gasteiger charge is -2.35. The molecule has 0 saturated carbocycles. The highest BCUT2D eigenvalue weighted by Gasteiger charge is 2.66. The molecule has 12 heteroatoms. The summed E-state index contributed by atoms with van der Waals surface area (Å²) in [5, 5.41) is 30.6. The van der Waals surface area contributed by atoms with Gasteiger partial charge in [0.05, 0.1) is 13.1 Å². The highest BCUT2D eigenvalue weighted by molar-refractivity contribution is 5.94. The van der Waals surface area contributed by atoms with E-state index in [4.69, 9.17) is 51.0 Å². The van der Waals surface area contributed by atoms with Crippen molar-refractivity contribution < 1.29 is 37.9 Å². The Bertz CT molecular complexity index is 7050. The second kappa shape index (κ2) is 28.4. The molecule has 0 bridgehead atoms. The molecule has 18 aromatic carbocycles. The molecule has 0 radical (unpaired) electrons. The van der Waals surface area contributed by atoms with E-state index in [0.717, 1.165) is 110 Å². The topological polar surface area (TPSA) is 130 Å². The lowest BCUT2D eigenvalue weighted by molar-refractivity contribution is 0.397. The normalized spacial score (nSPS) is 14.2. The number of hydrogen-bond donors (Lipinski definition) is 0. The molecular weight excluding hydrogens is 1490 g/mol. The first-order chi connectivity index (χ1) is 59.7. The van der Waals surface area contributed by atoms with Gasteiger partial charge >= 0.3 is 0 Å². The summed E-state index contributed by atoms with van der Waals surface area (Å²) in [5.74, 6) is 4.93. The SMILES string of the molecule is [C-]#[N+]c1c(Oc2cc3c(cc2Oc2cccc(Oc4cccc5ccccc45)c2[N+]#[C-])C2(CC34CC3(c5ccccc5-c5ccccc53)c3cc(Oc5cccc(Oc6cccc7ccccc67)c5C#N)c(Oc5cccc(Oc6cccc7ccccc67)c5C#N)cc34)c3ccccc3-c3ccccc32)cccc1Oc1cccc2ccccc12. The number of fused-ring (bicyclic) bond motifs is 20. The zero-order valence-electron chi connectivity index (χ0n) is 64.6. The summed E-state index contributed by atoms with van der Waals surface area (Å²) in [7, 11) is 0. The number of hydrogen-bond acceptors (Lipinski definition) is 10. The van der Waals surface area contributed by atoms with Crippen molar-refractivity contribution in [1.29, 1.82) is 10.5 Å². The van der Waals surface area contributed by atoms with E-state index in [9.17, 15) is 10.5 Å². The highest BCUT2D eigenvalue weighted by Crippen LogP contribution is 2.74. The first-order valence-corrected chi connectivity index (χ1v) is 39.9. The van der Waals surface area contributed by atoms with Gasteiger partial charge in [-0.05, 0) is 198 Å². The van der Waals surface area contributed by atoms with Gasteiger partial charge in [0.15, 0.2) is 23.0 Å². The molecule has 121 heavy (non-hydrogen) atoms. The van der Waals surface area contributed by atoms with Crippen LogP contribution in [-0.4, -0.2) is 0 Å². The molecule has 568 valence electrons. The Morgan fingerprint density at radius 3 is 0.727 bits per heavy atom. The molecule has 0 amide bonds. The van der Waals surface area contributed by atoms with Crippen molar-refractivity contribution in [2.75, 3.05) is 0 Å². The van der Waals surface area contributed by atoms with Gasteiger partial charge in [-0.3, -0.25) is 0 Å². The van der Waals surface area contributed by atoms with E-state index in [1.165, 1.54) is 0 Å². The van der Waals surface area contributed by atoms with Gasteiger partial charge in [0.1, 0.15) is 92.3 Å². The standard InChI is InChI=1S/C109H64N4O8/c1-112-105-97(116-91-49-21-33-69-29-5-9-37-73(69)91)55-25-57-99(105)120-102-60-86-88(62-104(102)121-100-58-26-56-98(106(100)113-2)117-92-50-22-34-70-30-6-10-38-74(70)92)109(83-45-17-13-41-77(83)78-42-14-18-46-84(78)109)66-107(86)65-108(81-43-15-11-39-75(81)76-40-12-16-44-82(76)108)87-61-103(119-96-54-24-52-94(80(96)64-111)115-90-48-20-32-68-28-4-8-36-72(68)90)101(59-85(87)107)118-95-53-23-51-93(79(95)63-110)114-89-47-19-31-67-27-3-7-35-71(67)89/h3-62H,65-66H2. The van der Waals surface area contributed by atoms with Crippen LogP contribution in [0.3, 0.4) is 0 Å². The predicted molar refractivity (Wildman–Crippen MR) is 471 cm³/mol. The molecule has 1 unspecified atom stereocenters. The maximum atomic E-state index is 11.7. The van der Waals surface area contributed by atoms with E-state index >= 15 is 0 Å². The average molecular weight is 1560 g/mol. The Balaban J connectivity index is 0.809. The van der Waals surface area contributed by atoms with E-state index in [1.807, 2.05) is 194 Å². The fraction of sp³-hybridized carbons (Fsp3) is 0.0459. The highest BCUT2D eigenvalue weighted by atomic mass is 16.5. The van der Waals surface area contributed by atoms with Gasteiger partial charge in [-0.15, -0.1) is 0 Å². The van der Waals surface area contributed by atoms with Crippen molar-refractivity contribution in [3.05, 3.63) is 442 Å². The molecule has 0 aromatic heterocycles. The van der Waals surface area contributed by atoms with E-state index in [2.05, 4.69) is 143 Å². The first kappa shape index (κ1) is 70.9. The predicted octanol–water partition coefficient (Wildman–Crippen LogP) is 29.2. The summed E-state index contributed by atoms with van der Waals surface area (Å²) >= 11 is 0. The van der Waals surface area contributed by atoms with E-state index in [-0.39, 0.29) is 91.5 Å². The van der Waals surface area contributed by atoms with Crippen LogP contribution in [0.25, 0.3) is 75.0 Å². The zero-order valence-corrected chi connectivity index (χ0v) is 64.6. The molecule has 0 aliphatic heterocycles. The number of ether oxygens (including phenoxy) is 8. The average Bonchev–Trinajstić information content (AvgIpc) is 1.47. The minimum atomic E-state index is -1.11. The fourth-order valence-electron chi connectivity index (χ4n) is 19.5. The smallest absolute Gasteiger partial charge is 0.270 e. The van der Waals surface area contributed by atoms with Gasteiger partial charge in [0.2, 0.25) is 0 Å². The first-order valence-electron chi connectivity index (χ1n) is 39.9. The largest absolute Gasteiger partial charge is 0.468 e. The van der Waals surface area contributed by atoms with Crippen LogP contribution < -0.4 is 37.9 Å². The number of nitriles is 2. The molecule has 1 atom stereocenters. The van der Waals surface area contributed by atoms with Gasteiger partial charge < -0.3 is 37.9 Å². The maximum Gasteiger partial charge on any atom is 0.270 e. The quantitative estimate of drug-likeness (QED) is 0.0862. The lowest BCUT2D eigenvalue weighted by Crippen LogP contribution is -2.32. The van der Waals surface area contributed by atoms with Crippen LogP contribution in [0.15, 0.2) is 364 Å². The molecule has 0 heterocycles. The summed E-state index contributed by atoms with van der Waals surface area (Å²) < 4.78 is 57.5. The minimum Gasteiger partial charge on any atom is -0.468 e. The summed E-state index contributed by atoms with van der Waals surface area (Å²) in [5.41, 5.74) is 9.44. The number of nitrogens with zero attached hydrogens (tertiary/aromatic N) is 4. The molecule has 0 fully saturated rings. The minimum absolute atomic E-state index is 0.103. The summed E-state index contributed by atoms with van der Waals surface area (Å²) in [6.07, 6.45) is 0.829. The van der Waals surface area contributed by atoms with E-state index in [1.54, 1.807) is 48.5 Å². The number of para-hydroxylation sites is 2. The summed E-state index contributed by atoms with van der Waals surface area (Å²) in [4.78, 5) is 8.44. The number of rotatable bonds is 16. The van der Waals surface area contributed by atoms with Gasteiger partial charge in [-0.25, -0.2) is 9.69 Å². The summed E-state index contributed by atoms with van der Waals surface area (Å²) in [6.45, 7) is 18.1. The van der Waals surface area contributed by atoms with Crippen molar-refractivity contribution in [1.82, 2.24) is 0 Å². The third kappa shape index (κ3) is 11.2. The second-order valence-electron chi connectivity index (χ2n) is 30.8. The van der Waals surface area contributed by atoms with E-state index in [0.29, 0.717) is 35.8 Å². The molecule has 0 N–H and O–H groups in total. The van der Waals surface area contributed by atoms with E-state index < -0.39 is 16.2 Å². The maximum absolute atomic E-state index is 11.7. The van der Waals surface area contributed by atoms with Gasteiger partial charge in [-0.2, -0.15) is 10.5 Å². The van der Waals surface area contributed by atoms with Crippen LogP contribution in [0.2, 0.25) is 0 Å². The molecule has 12 nitrogen and oxygen atoms in total. The van der Waals surface area contributed by atoms with Crippen LogP contribution in [0, 0.1) is 35.8 Å². The van der Waals surface area contributed by atoms with Crippen LogP contribution in [0.1, 0.15) is 68.5 Å². The van der Waals surface area contributed by atoms with Gasteiger partial charge in [0.25, 0.3) is 11.4 Å². The molecule has 4 aliphatic rings. The van der Waals surface area contributed by atoms with Crippen molar-refractivity contribution in [2.24, 2.45) is 0 Å². The van der Waals surface area contributed by atoms with Crippen molar-refractivity contribution >= 4 is 54.5 Å². The van der Waals surface area contributed by atoms with Crippen molar-refractivity contribution in [2.45, 2.75) is 29.1 Å². The fourth-order valence-corrected chi connectivity index (χ4v) is 19.5. The zero-order chi connectivity index (χ0) is 80.9. The third-order valence-electron chi connectivity index (χ3n) is 24.5. The van der Waals surface area contributed by atoms with Gasteiger partial charge in [0, 0.05) is 37.8 Å². The lowest BCUT2D eigenvalue weighted by atomic mass is 9.66. The Morgan fingerprint density at radius 2 is 0.438 bits per heavy atom. The monoisotopic (exact) mass is 1560 g/mol. The second-order valence-corrected chi connectivity index (χ2v) is 30.8. The van der Waals surface area contributed by atoms with Crippen LogP contribution in [0.4, 0.5) is 11.4 Å². The Hall–Kier alpha value is -16.6. The Kier molecular flexibility index (Phi) is 16.6. The van der Waals surface area contributed by atoms with Crippen LogP contribution in [0.5, 0.6) is 92.0 Å². The van der Waals surface area contributed by atoms with Crippen LogP contribution in [-0.2, 0) is 16.2 Å². The van der Waals surface area contributed by atoms with Crippen LogP contribution >= 0.6 is 0 Å². The molecule has 0 saturated heterocycles. The summed E-state index contributed by atoms with van der Waals surface area (Å²) in [6, 6.07) is 125. The third-order valence-corrected chi connectivity index (χ3v) is 24.5. The molecule has 3 spiro atoms. The Morgan fingerprint density at radius 1 is 0.223 bits per heavy atom. The molecular formula is C109H64N4O8. The molecule has 18 aromatic rings. The molecule has 22 rings (SSSR count).